The van der Waals surface area contributed by atoms with Crippen LogP contribution in [0.4, 0.5) is 0 Å². The van der Waals surface area contributed by atoms with Crippen LogP contribution in [0.25, 0.3) is 114 Å². The molecular weight excluding hydrogens is 577 g/mol. The Kier molecular flexibility index (Phi) is 2.19. The van der Waals surface area contributed by atoms with Crippen molar-refractivity contribution in [3.05, 3.63) is 109 Å². The molecule has 0 N–H and O–H groups in total. The topological polar surface area (TPSA) is 0 Å². The molecule has 12 aromatic carbocycles. The highest BCUT2D eigenvalue weighted by Crippen LogP contribution is 2.77. The lowest BCUT2D eigenvalue weighted by atomic mass is 9.55. The molecule has 2 bridgehead atoms. The monoisotopic (exact) mass is 596 g/mol. The van der Waals surface area contributed by atoms with E-state index in [4.69, 9.17) is 0 Å². The Morgan fingerprint density at radius 2 is 0.896 bits per heavy atom. The maximum absolute atomic E-state index is 2.91. The molecule has 1 saturated carbocycles. The summed E-state index contributed by atoms with van der Waals surface area (Å²) in [5, 5.41) is 34.7. The fourth-order valence-corrected chi connectivity index (χ4v) is 16.1. The summed E-state index contributed by atoms with van der Waals surface area (Å²) >= 11 is 0. The van der Waals surface area contributed by atoms with E-state index < -0.39 is 0 Å². The van der Waals surface area contributed by atoms with E-state index in [0.717, 1.165) is 19.3 Å². The molecule has 4 atom stereocenters. The molecule has 19 rings (SSSR count). The van der Waals surface area contributed by atoms with E-state index in [9.17, 15) is 0 Å². The first-order valence-corrected chi connectivity index (χ1v) is 18.4. The van der Waals surface area contributed by atoms with Gasteiger partial charge in [-0.25, -0.2) is 0 Å². The highest BCUT2D eigenvalue weighted by atomic mass is 14.7. The third kappa shape index (κ3) is 1.38. The van der Waals surface area contributed by atoms with Gasteiger partial charge in [0.2, 0.25) is 0 Å². The second-order valence-electron chi connectivity index (χ2n) is 17.6. The van der Waals surface area contributed by atoms with Gasteiger partial charge in [-0.2, -0.15) is 0 Å². The van der Waals surface area contributed by atoms with Gasteiger partial charge in [0.1, 0.15) is 0 Å². The molecule has 0 aromatic heterocycles. The molecule has 1 spiro atoms. The minimum absolute atomic E-state index is 0.0360. The van der Waals surface area contributed by atoms with Crippen molar-refractivity contribution in [1.82, 2.24) is 0 Å². The standard InChI is InChI=1S/C48H20/c1-2-4-22-21(3-1)23-12-25(22)48-13-20-10-18-8-16-6-14-5-15-7-17-9-19-11-24(46(23)48)33-29(19)37-31(17)35-27(15)26(14)34-30(16)36-28(18)32(20)44-42-40(36)38(34)39(35)41(37)43(42)45(33)47(44)48/h1-4,6-7,10-11,13,23,25,46H,5,8-9,12H2. The zero-order valence-corrected chi connectivity index (χ0v) is 25.8. The molecule has 0 heterocycles. The molecule has 0 saturated heterocycles. The summed E-state index contributed by atoms with van der Waals surface area (Å²) in [6, 6.07) is 20.5. The van der Waals surface area contributed by atoms with Crippen LogP contribution in [-0.2, 0) is 24.7 Å². The van der Waals surface area contributed by atoms with Gasteiger partial charge in [0.05, 0.1) is 0 Å². The van der Waals surface area contributed by atoms with Crippen LogP contribution in [0.5, 0.6) is 0 Å². The fraction of sp³-hybridized carbons (Fsp3) is 0.167. The van der Waals surface area contributed by atoms with Gasteiger partial charge in [0.25, 0.3) is 0 Å². The molecule has 7 aliphatic rings. The molecule has 0 aliphatic heterocycles. The maximum Gasteiger partial charge on any atom is 0.0297 e. The first kappa shape index (κ1) is 20.2. The highest BCUT2D eigenvalue weighted by molar-refractivity contribution is 6.63. The van der Waals surface area contributed by atoms with Gasteiger partial charge < -0.3 is 0 Å². The zero-order chi connectivity index (χ0) is 29.3. The Morgan fingerprint density at radius 1 is 0.417 bits per heavy atom. The molecule has 12 aromatic rings. The molecule has 0 radical (unpaired) electrons. The molecule has 0 amide bonds. The molecule has 1 fully saturated rings. The Hall–Kier alpha value is -5.20. The molecule has 0 nitrogen and oxygen atoms in total. The Bertz CT molecular complexity index is 3850. The van der Waals surface area contributed by atoms with E-state index in [1.807, 2.05) is 0 Å². The van der Waals surface area contributed by atoms with Crippen LogP contribution < -0.4 is 5.22 Å². The van der Waals surface area contributed by atoms with Crippen LogP contribution in [0.15, 0.2) is 48.5 Å². The lowest BCUT2D eigenvalue weighted by Gasteiger charge is -2.47. The SMILES string of the molecule is C1=c2cc3c4c2c2c5c6c7c(cc8c7c7c9c(cc%10c%11c%12c(cc(c%13c4c4c2c6c7c(c%119)c4c%12%13)C3)C%10)C8)C2C3CC(c4ccccc43)C152. The van der Waals surface area contributed by atoms with Crippen molar-refractivity contribution >= 4 is 114 Å². The fourth-order valence-electron chi connectivity index (χ4n) is 16.1. The number of rotatable bonds is 0. The number of benzene rings is 7. The predicted octanol–water partition coefficient (Wildman–Crippen LogP) is 10.7. The van der Waals surface area contributed by atoms with Gasteiger partial charge in [-0.15, -0.1) is 0 Å². The molecular formula is C48H20. The molecule has 48 heavy (non-hydrogen) atoms. The summed E-state index contributed by atoms with van der Waals surface area (Å²) < 4.78 is 0. The van der Waals surface area contributed by atoms with Crippen LogP contribution in [0, 0.1) is 0 Å². The highest BCUT2D eigenvalue weighted by Gasteiger charge is 2.64. The lowest BCUT2D eigenvalue weighted by Crippen LogP contribution is -2.40. The lowest BCUT2D eigenvalue weighted by molar-refractivity contribution is 0.440. The van der Waals surface area contributed by atoms with Crippen molar-refractivity contribution < 1.29 is 0 Å². The van der Waals surface area contributed by atoms with Crippen molar-refractivity contribution in [3.63, 3.8) is 0 Å². The van der Waals surface area contributed by atoms with Gasteiger partial charge in [-0.05, 0) is 206 Å². The Balaban J connectivity index is 1.28. The normalized spacial score (nSPS) is 26.0. The van der Waals surface area contributed by atoms with Gasteiger partial charge in [0, 0.05) is 11.3 Å². The number of hydrogen-bond donors (Lipinski definition) is 0. The van der Waals surface area contributed by atoms with E-state index in [1.165, 1.54) is 6.42 Å². The predicted molar refractivity (Wildman–Crippen MR) is 198 cm³/mol. The minimum Gasteiger partial charge on any atom is -0.0647 e. The first-order chi connectivity index (χ1) is 23.8. The van der Waals surface area contributed by atoms with E-state index >= 15 is 0 Å². The second-order valence-corrected chi connectivity index (χ2v) is 17.6. The third-order valence-corrected chi connectivity index (χ3v) is 16.7. The van der Waals surface area contributed by atoms with Gasteiger partial charge >= 0.3 is 0 Å². The second kappa shape index (κ2) is 5.19. The van der Waals surface area contributed by atoms with E-state index in [1.54, 1.807) is 169 Å². The van der Waals surface area contributed by atoms with E-state index in [2.05, 4.69) is 54.6 Å². The quantitative estimate of drug-likeness (QED) is 0.153. The largest absolute Gasteiger partial charge is 0.0647 e. The summed E-state index contributed by atoms with van der Waals surface area (Å²) in [7, 11) is 0. The van der Waals surface area contributed by atoms with Gasteiger partial charge in [0.15, 0.2) is 0 Å². The maximum atomic E-state index is 2.91. The third-order valence-electron chi connectivity index (χ3n) is 16.7. The molecule has 4 unspecified atom stereocenters. The molecule has 0 heteroatoms. The summed E-state index contributed by atoms with van der Waals surface area (Å²) in [6.45, 7) is 0. The first-order valence-electron chi connectivity index (χ1n) is 18.4. The van der Waals surface area contributed by atoms with Crippen LogP contribution >= 0.6 is 0 Å². The summed E-state index contributed by atoms with van der Waals surface area (Å²) in [4.78, 5) is 0. The Labute approximate surface area is 271 Å². The van der Waals surface area contributed by atoms with Crippen LogP contribution in [0.3, 0.4) is 0 Å². The van der Waals surface area contributed by atoms with Gasteiger partial charge in [-0.1, -0.05) is 54.6 Å². The van der Waals surface area contributed by atoms with Crippen molar-refractivity contribution in [1.29, 1.82) is 0 Å². The summed E-state index contributed by atoms with van der Waals surface area (Å²) in [5.41, 5.74) is 16.5. The van der Waals surface area contributed by atoms with Crippen molar-refractivity contribution in [3.8, 4) is 0 Å². The molecule has 212 valence electrons. The van der Waals surface area contributed by atoms with E-state index in [0.29, 0.717) is 17.8 Å². The van der Waals surface area contributed by atoms with E-state index in [-0.39, 0.29) is 5.41 Å². The Morgan fingerprint density at radius 3 is 1.56 bits per heavy atom. The smallest absolute Gasteiger partial charge is 0.0297 e. The number of fused-ring (bicyclic) bond motifs is 7. The average Bonchev–Trinajstić information content (AvgIpc) is 3.94. The minimum atomic E-state index is 0.0360. The van der Waals surface area contributed by atoms with Crippen molar-refractivity contribution in [2.24, 2.45) is 0 Å². The van der Waals surface area contributed by atoms with Crippen LogP contribution in [-0.4, -0.2) is 0 Å². The average molecular weight is 597 g/mol. The van der Waals surface area contributed by atoms with Crippen molar-refractivity contribution in [2.75, 3.05) is 0 Å². The summed E-state index contributed by atoms with van der Waals surface area (Å²) in [6.07, 6.45) is 7.51. The zero-order valence-electron chi connectivity index (χ0n) is 25.8. The van der Waals surface area contributed by atoms with Gasteiger partial charge in [-0.3, -0.25) is 0 Å². The van der Waals surface area contributed by atoms with Crippen LogP contribution in [0.2, 0.25) is 0 Å². The van der Waals surface area contributed by atoms with Crippen LogP contribution in [0.1, 0.15) is 79.8 Å². The summed E-state index contributed by atoms with van der Waals surface area (Å²) in [5.74, 6) is 1.68. The molecule has 7 aliphatic carbocycles. The van der Waals surface area contributed by atoms with Crippen molar-refractivity contribution in [2.45, 2.75) is 48.9 Å². The number of hydrogen-bond acceptors (Lipinski definition) is 0.